The number of hydrogen-bond donors (Lipinski definition) is 0. The summed E-state index contributed by atoms with van der Waals surface area (Å²) in [6.07, 6.45) is 3.13. The molecule has 0 saturated heterocycles. The number of halogens is 2. The molecular weight excluding hydrogens is 367 g/mol. The van der Waals surface area contributed by atoms with E-state index >= 15 is 0 Å². The number of rotatable bonds is 7. The molecule has 0 radical (unpaired) electrons. The van der Waals surface area contributed by atoms with Crippen LogP contribution in [-0.2, 0) is 15.9 Å². The summed E-state index contributed by atoms with van der Waals surface area (Å²) < 4.78 is 11.3. The Labute approximate surface area is 126 Å². The van der Waals surface area contributed by atoms with Crippen LogP contribution in [-0.4, -0.2) is 36.9 Å². The zero-order chi connectivity index (χ0) is 13.0. The number of methoxy groups -OCH3 is 1. The Morgan fingerprint density at radius 3 is 2.72 bits per heavy atom. The minimum Gasteiger partial charge on any atom is -0.382 e. The van der Waals surface area contributed by atoms with E-state index in [4.69, 9.17) is 21.1 Å². The van der Waals surface area contributed by atoms with Crippen molar-refractivity contribution < 1.29 is 9.47 Å². The fourth-order valence-corrected chi connectivity index (χ4v) is 2.50. The van der Waals surface area contributed by atoms with E-state index in [-0.39, 0.29) is 0 Å². The maximum Gasteiger partial charge on any atom is 0.146 e. The van der Waals surface area contributed by atoms with Crippen LogP contribution in [0, 0.1) is 3.57 Å². The van der Waals surface area contributed by atoms with Crippen molar-refractivity contribution in [3.8, 4) is 0 Å². The zero-order valence-corrected chi connectivity index (χ0v) is 13.2. The van der Waals surface area contributed by atoms with E-state index in [1.54, 1.807) is 7.11 Å². The predicted molar refractivity (Wildman–Crippen MR) is 78.1 cm³/mol. The molecule has 0 aromatic carbocycles. The highest BCUT2D eigenvalue weighted by Gasteiger charge is 2.29. The molecule has 0 spiro atoms. The first-order chi connectivity index (χ1) is 8.72. The van der Waals surface area contributed by atoms with E-state index in [2.05, 4.69) is 32.6 Å². The molecule has 1 aromatic heterocycles. The third kappa shape index (κ3) is 4.01. The van der Waals surface area contributed by atoms with Crippen LogP contribution in [0.1, 0.15) is 30.3 Å². The van der Waals surface area contributed by atoms with Gasteiger partial charge in [-0.15, -0.1) is 0 Å². The summed E-state index contributed by atoms with van der Waals surface area (Å²) in [5.74, 6) is 1.37. The second kappa shape index (κ2) is 6.98. The molecule has 1 heterocycles. The Bertz CT molecular complexity index is 413. The molecule has 100 valence electrons. The van der Waals surface area contributed by atoms with Crippen LogP contribution in [0.5, 0.6) is 0 Å². The summed E-state index contributed by atoms with van der Waals surface area (Å²) in [4.78, 5) is 8.90. The summed E-state index contributed by atoms with van der Waals surface area (Å²) >= 11 is 8.36. The lowest BCUT2D eigenvalue weighted by molar-refractivity contribution is 0.0716. The largest absolute Gasteiger partial charge is 0.382 e. The first kappa shape index (κ1) is 14.4. The monoisotopic (exact) mass is 382 g/mol. The minimum absolute atomic E-state index is 0.569. The highest BCUT2D eigenvalue weighted by Crippen LogP contribution is 2.42. The van der Waals surface area contributed by atoms with Crippen LogP contribution in [0.4, 0.5) is 0 Å². The van der Waals surface area contributed by atoms with E-state index in [0.29, 0.717) is 37.3 Å². The quantitative estimate of drug-likeness (QED) is 0.413. The lowest BCUT2D eigenvalue weighted by atomic mass is 10.3. The third-order valence-corrected chi connectivity index (χ3v) is 4.40. The van der Waals surface area contributed by atoms with Gasteiger partial charge in [-0.1, -0.05) is 11.6 Å². The van der Waals surface area contributed by atoms with E-state index in [0.717, 1.165) is 15.1 Å². The molecule has 6 heteroatoms. The molecule has 4 nitrogen and oxygen atoms in total. The minimum atomic E-state index is 0.569. The summed E-state index contributed by atoms with van der Waals surface area (Å²) in [5, 5.41) is 0.569. The van der Waals surface area contributed by atoms with Crippen molar-refractivity contribution in [2.75, 3.05) is 26.9 Å². The Kier molecular flexibility index (Phi) is 5.59. The van der Waals surface area contributed by atoms with E-state index in [9.17, 15) is 0 Å². The van der Waals surface area contributed by atoms with Gasteiger partial charge in [0.05, 0.1) is 29.1 Å². The van der Waals surface area contributed by atoms with Crippen molar-refractivity contribution in [2.45, 2.75) is 25.2 Å². The molecule has 1 aliphatic rings. The molecule has 0 atom stereocenters. The Hall–Kier alpha value is 0.0200. The van der Waals surface area contributed by atoms with E-state index < -0.39 is 0 Å². The van der Waals surface area contributed by atoms with Gasteiger partial charge in [-0.3, -0.25) is 0 Å². The number of hydrogen-bond acceptors (Lipinski definition) is 4. The molecule has 1 saturated carbocycles. The lowest BCUT2D eigenvalue weighted by Crippen LogP contribution is -2.09. The summed E-state index contributed by atoms with van der Waals surface area (Å²) in [5.41, 5.74) is 1.11. The fraction of sp³-hybridized carbons (Fsp3) is 0.667. The van der Waals surface area contributed by atoms with Crippen molar-refractivity contribution in [1.82, 2.24) is 9.97 Å². The molecule has 1 aromatic rings. The van der Waals surface area contributed by atoms with Crippen molar-refractivity contribution in [3.63, 3.8) is 0 Å². The molecule has 0 bridgehead atoms. The van der Waals surface area contributed by atoms with E-state index in [1.165, 1.54) is 12.8 Å². The van der Waals surface area contributed by atoms with E-state index in [1.807, 2.05) is 0 Å². The molecule has 0 amide bonds. The third-order valence-electron chi connectivity index (χ3n) is 2.75. The van der Waals surface area contributed by atoms with Crippen LogP contribution in [0.3, 0.4) is 0 Å². The number of aromatic nitrogens is 2. The topological polar surface area (TPSA) is 44.2 Å². The van der Waals surface area contributed by atoms with Gasteiger partial charge in [-0.25, -0.2) is 9.97 Å². The van der Waals surface area contributed by atoms with Gasteiger partial charge in [0.15, 0.2) is 0 Å². The maximum absolute atomic E-state index is 6.13. The van der Waals surface area contributed by atoms with Crippen molar-refractivity contribution in [3.05, 3.63) is 20.2 Å². The summed E-state index contributed by atoms with van der Waals surface area (Å²) in [7, 11) is 1.66. The second-order valence-corrected chi connectivity index (χ2v) is 5.70. The van der Waals surface area contributed by atoms with Gasteiger partial charge >= 0.3 is 0 Å². The molecule has 0 aliphatic heterocycles. The van der Waals surface area contributed by atoms with Crippen LogP contribution in [0.15, 0.2) is 0 Å². The molecule has 0 unspecified atom stereocenters. The fourth-order valence-electron chi connectivity index (χ4n) is 1.63. The van der Waals surface area contributed by atoms with Gasteiger partial charge in [0.2, 0.25) is 0 Å². The molecule has 2 rings (SSSR count). The Morgan fingerprint density at radius 2 is 2.06 bits per heavy atom. The second-order valence-electron chi connectivity index (χ2n) is 4.26. The highest BCUT2D eigenvalue weighted by molar-refractivity contribution is 14.1. The van der Waals surface area contributed by atoms with Gasteiger partial charge in [0.1, 0.15) is 11.0 Å². The van der Waals surface area contributed by atoms with Crippen LogP contribution in [0.25, 0.3) is 0 Å². The summed E-state index contributed by atoms with van der Waals surface area (Å²) in [6.45, 7) is 1.82. The normalized spacial score (nSPS) is 15.1. The van der Waals surface area contributed by atoms with Crippen molar-refractivity contribution in [2.24, 2.45) is 0 Å². The Balaban J connectivity index is 1.92. The smallest absolute Gasteiger partial charge is 0.146 e. The van der Waals surface area contributed by atoms with Crippen LogP contribution < -0.4 is 0 Å². The highest BCUT2D eigenvalue weighted by atomic mass is 127. The lowest BCUT2D eigenvalue weighted by Gasteiger charge is -2.07. The van der Waals surface area contributed by atoms with Gasteiger partial charge < -0.3 is 9.47 Å². The van der Waals surface area contributed by atoms with Crippen molar-refractivity contribution >= 4 is 34.2 Å². The van der Waals surface area contributed by atoms with Gasteiger partial charge in [-0.05, 0) is 35.4 Å². The molecule has 1 fully saturated rings. The SMILES string of the molecule is COCCOCCc1nc(Cl)c(I)c(C2CC2)n1. The maximum atomic E-state index is 6.13. The first-order valence-corrected chi connectivity index (χ1v) is 7.46. The van der Waals surface area contributed by atoms with Gasteiger partial charge in [-0.2, -0.15) is 0 Å². The molecule has 1 aliphatic carbocycles. The molecule has 18 heavy (non-hydrogen) atoms. The van der Waals surface area contributed by atoms with Crippen LogP contribution >= 0.6 is 34.2 Å². The number of nitrogens with zero attached hydrogens (tertiary/aromatic N) is 2. The molecular formula is C12H16ClIN2O2. The zero-order valence-electron chi connectivity index (χ0n) is 10.3. The average molecular weight is 383 g/mol. The van der Waals surface area contributed by atoms with Crippen molar-refractivity contribution in [1.29, 1.82) is 0 Å². The van der Waals surface area contributed by atoms with Gasteiger partial charge in [0.25, 0.3) is 0 Å². The van der Waals surface area contributed by atoms with Crippen LogP contribution in [0.2, 0.25) is 5.15 Å². The Morgan fingerprint density at radius 1 is 1.28 bits per heavy atom. The first-order valence-electron chi connectivity index (χ1n) is 6.01. The molecule has 0 N–H and O–H groups in total. The average Bonchev–Trinajstić information content (AvgIpc) is 3.17. The summed E-state index contributed by atoms with van der Waals surface area (Å²) in [6, 6.07) is 0. The predicted octanol–water partition coefficient (Wildman–Crippen LogP) is 2.82. The van der Waals surface area contributed by atoms with Gasteiger partial charge in [0, 0.05) is 19.4 Å². The standard InChI is InChI=1S/C12H16ClIN2O2/c1-17-6-7-18-5-4-9-15-11(8-2-3-8)10(14)12(13)16-9/h8H,2-7H2,1H3. The number of ether oxygens (including phenoxy) is 2.